The molecule has 1 aromatic carbocycles. The highest BCUT2D eigenvalue weighted by Gasteiger charge is 2.05. The van der Waals surface area contributed by atoms with Gasteiger partial charge < -0.3 is 0 Å². The van der Waals surface area contributed by atoms with Gasteiger partial charge in [-0.2, -0.15) is 0 Å². The van der Waals surface area contributed by atoms with Gasteiger partial charge in [0.15, 0.2) is 0 Å². The van der Waals surface area contributed by atoms with E-state index in [2.05, 4.69) is 31.2 Å². The summed E-state index contributed by atoms with van der Waals surface area (Å²) in [5, 5.41) is 0. The molecular weight excluding hydrogens is 180 g/mol. The van der Waals surface area contributed by atoms with Gasteiger partial charge in [0.1, 0.15) is 0 Å². The summed E-state index contributed by atoms with van der Waals surface area (Å²) in [6.45, 7) is 7.93. The first-order valence-corrected chi connectivity index (χ1v) is 5.98. The fourth-order valence-corrected chi connectivity index (χ4v) is 1.87. The number of unbranched alkanes of at least 4 members (excludes halogenated alkanes) is 3. The van der Waals surface area contributed by atoms with Crippen LogP contribution in [0.1, 0.15) is 50.5 Å². The molecule has 0 aliphatic carbocycles. The highest BCUT2D eigenvalue weighted by molar-refractivity contribution is 5.22. The quantitative estimate of drug-likeness (QED) is 0.559. The van der Waals surface area contributed by atoms with Gasteiger partial charge in [0, 0.05) is 5.92 Å². The van der Waals surface area contributed by atoms with Crippen LogP contribution in [-0.4, -0.2) is 0 Å². The molecule has 1 radical (unpaired) electrons. The lowest BCUT2D eigenvalue weighted by atomic mass is 9.93. The minimum atomic E-state index is 0.433. The molecule has 15 heavy (non-hydrogen) atoms. The van der Waals surface area contributed by atoms with Gasteiger partial charge in [0.05, 0.1) is 0 Å². The predicted molar refractivity (Wildman–Crippen MR) is 66.8 cm³/mol. The van der Waals surface area contributed by atoms with E-state index in [4.69, 9.17) is 6.58 Å². The molecule has 81 valence electrons. The Hall–Kier alpha value is -1.04. The van der Waals surface area contributed by atoms with Crippen molar-refractivity contribution in [3.05, 3.63) is 48.6 Å². The third-order valence-electron chi connectivity index (χ3n) is 2.83. The second-order valence-electron chi connectivity index (χ2n) is 4.06. The van der Waals surface area contributed by atoms with Crippen molar-refractivity contribution in [2.45, 2.75) is 44.9 Å². The van der Waals surface area contributed by atoms with Gasteiger partial charge in [-0.15, -0.1) is 0 Å². The SMILES string of the molecule is [CH]=CC(CCCCCC)c1ccccc1. The van der Waals surface area contributed by atoms with E-state index in [0.717, 1.165) is 0 Å². The summed E-state index contributed by atoms with van der Waals surface area (Å²) < 4.78 is 0. The molecule has 0 aromatic heterocycles. The zero-order chi connectivity index (χ0) is 10.9. The first-order chi connectivity index (χ1) is 7.38. The molecule has 0 saturated carbocycles. The van der Waals surface area contributed by atoms with Crippen molar-refractivity contribution in [2.75, 3.05) is 0 Å². The standard InChI is InChI=1S/C15H21/c1-3-5-6-8-11-14(4-2)15-12-9-7-10-13-15/h2,4,7,9-10,12-14H,3,5-6,8,11H2,1H3. The molecule has 0 amide bonds. The van der Waals surface area contributed by atoms with Crippen LogP contribution < -0.4 is 0 Å². The normalized spacial score (nSPS) is 12.3. The van der Waals surface area contributed by atoms with E-state index in [-0.39, 0.29) is 0 Å². The van der Waals surface area contributed by atoms with Crippen LogP contribution in [0.4, 0.5) is 0 Å². The van der Waals surface area contributed by atoms with Crippen LogP contribution >= 0.6 is 0 Å². The number of hydrogen-bond acceptors (Lipinski definition) is 0. The van der Waals surface area contributed by atoms with Crippen molar-refractivity contribution >= 4 is 0 Å². The van der Waals surface area contributed by atoms with E-state index in [1.807, 2.05) is 12.1 Å². The summed E-state index contributed by atoms with van der Waals surface area (Å²) in [5.74, 6) is 0.433. The van der Waals surface area contributed by atoms with E-state index in [0.29, 0.717) is 5.92 Å². The Morgan fingerprint density at radius 3 is 2.47 bits per heavy atom. The summed E-state index contributed by atoms with van der Waals surface area (Å²) in [6, 6.07) is 10.5. The minimum absolute atomic E-state index is 0.433. The molecule has 1 unspecified atom stereocenters. The fourth-order valence-electron chi connectivity index (χ4n) is 1.87. The summed E-state index contributed by atoms with van der Waals surface area (Å²) in [4.78, 5) is 0. The molecule has 0 fully saturated rings. The Kier molecular flexibility index (Phi) is 5.84. The average molecular weight is 201 g/mol. The second-order valence-corrected chi connectivity index (χ2v) is 4.06. The molecular formula is C15H21. The van der Waals surface area contributed by atoms with Crippen molar-refractivity contribution in [3.8, 4) is 0 Å². The van der Waals surface area contributed by atoms with Gasteiger partial charge in [-0.25, -0.2) is 0 Å². The Labute approximate surface area is 94.0 Å². The zero-order valence-corrected chi connectivity index (χ0v) is 9.65. The first kappa shape index (κ1) is 12.0. The lowest BCUT2D eigenvalue weighted by molar-refractivity contribution is 0.604. The first-order valence-electron chi connectivity index (χ1n) is 5.98. The van der Waals surface area contributed by atoms with Gasteiger partial charge in [0.25, 0.3) is 0 Å². The third kappa shape index (κ3) is 4.33. The van der Waals surface area contributed by atoms with Crippen LogP contribution in [0.5, 0.6) is 0 Å². The third-order valence-corrected chi connectivity index (χ3v) is 2.83. The van der Waals surface area contributed by atoms with Gasteiger partial charge in [0.2, 0.25) is 0 Å². The van der Waals surface area contributed by atoms with Crippen molar-refractivity contribution in [3.63, 3.8) is 0 Å². The highest BCUT2D eigenvalue weighted by atomic mass is 14.1. The van der Waals surface area contributed by atoms with Gasteiger partial charge in [-0.05, 0) is 12.0 Å². The summed E-state index contributed by atoms with van der Waals surface area (Å²) >= 11 is 0. The van der Waals surface area contributed by atoms with Gasteiger partial charge >= 0.3 is 0 Å². The number of allylic oxidation sites excluding steroid dienone is 1. The topological polar surface area (TPSA) is 0 Å². The molecule has 0 spiro atoms. The number of benzene rings is 1. The molecule has 0 aliphatic heterocycles. The maximum absolute atomic E-state index is 5.69. The predicted octanol–water partition coefficient (Wildman–Crippen LogP) is 4.73. The maximum atomic E-state index is 5.69. The van der Waals surface area contributed by atoms with Crippen LogP contribution in [0.3, 0.4) is 0 Å². The Morgan fingerprint density at radius 1 is 1.13 bits per heavy atom. The monoisotopic (exact) mass is 201 g/mol. The summed E-state index contributed by atoms with van der Waals surface area (Å²) in [5.41, 5.74) is 1.34. The molecule has 1 aromatic rings. The molecule has 0 saturated heterocycles. The van der Waals surface area contributed by atoms with Crippen molar-refractivity contribution in [1.29, 1.82) is 0 Å². The van der Waals surface area contributed by atoms with E-state index < -0.39 is 0 Å². The smallest absolute Gasteiger partial charge is 0.00210 e. The minimum Gasteiger partial charge on any atom is -0.0770 e. The highest BCUT2D eigenvalue weighted by Crippen LogP contribution is 2.23. The van der Waals surface area contributed by atoms with Crippen molar-refractivity contribution in [1.82, 2.24) is 0 Å². The lowest BCUT2D eigenvalue weighted by Gasteiger charge is -2.12. The van der Waals surface area contributed by atoms with Crippen LogP contribution in [0, 0.1) is 6.58 Å². The van der Waals surface area contributed by atoms with E-state index in [1.54, 1.807) is 0 Å². The van der Waals surface area contributed by atoms with E-state index in [1.165, 1.54) is 37.7 Å². The van der Waals surface area contributed by atoms with Crippen LogP contribution in [0.25, 0.3) is 0 Å². The Morgan fingerprint density at radius 2 is 1.87 bits per heavy atom. The van der Waals surface area contributed by atoms with Gasteiger partial charge in [-0.1, -0.05) is 75.6 Å². The molecule has 0 heteroatoms. The molecule has 1 rings (SSSR count). The number of rotatable bonds is 7. The summed E-state index contributed by atoms with van der Waals surface area (Å²) in [6.07, 6.45) is 8.25. The largest absolute Gasteiger partial charge is 0.0770 e. The molecule has 0 bridgehead atoms. The maximum Gasteiger partial charge on any atom is 0.00210 e. The molecule has 1 atom stereocenters. The van der Waals surface area contributed by atoms with E-state index in [9.17, 15) is 0 Å². The molecule has 0 N–H and O–H groups in total. The fraction of sp³-hybridized carbons (Fsp3) is 0.467. The van der Waals surface area contributed by atoms with Crippen molar-refractivity contribution in [2.24, 2.45) is 0 Å². The number of hydrogen-bond donors (Lipinski definition) is 0. The van der Waals surface area contributed by atoms with E-state index >= 15 is 0 Å². The zero-order valence-electron chi connectivity index (χ0n) is 9.65. The lowest BCUT2D eigenvalue weighted by Crippen LogP contribution is -1.94. The second kappa shape index (κ2) is 7.28. The molecule has 0 heterocycles. The van der Waals surface area contributed by atoms with Crippen LogP contribution in [-0.2, 0) is 0 Å². The average Bonchev–Trinajstić information content (AvgIpc) is 2.30. The Bertz CT molecular complexity index is 261. The summed E-state index contributed by atoms with van der Waals surface area (Å²) in [7, 11) is 0. The molecule has 0 aliphatic rings. The Balaban J connectivity index is 2.39. The van der Waals surface area contributed by atoms with Crippen LogP contribution in [0.2, 0.25) is 0 Å². The molecule has 0 nitrogen and oxygen atoms in total. The van der Waals surface area contributed by atoms with Gasteiger partial charge in [-0.3, -0.25) is 0 Å². The van der Waals surface area contributed by atoms with Crippen LogP contribution in [0.15, 0.2) is 36.4 Å². The van der Waals surface area contributed by atoms with Crippen molar-refractivity contribution < 1.29 is 0 Å².